The van der Waals surface area contributed by atoms with Crippen LogP contribution in [0.25, 0.3) is 5.65 Å². The molecule has 6 rings (SSSR count). The third-order valence-electron chi connectivity index (χ3n) is 10.2. The van der Waals surface area contributed by atoms with Crippen LogP contribution in [-0.2, 0) is 20.5 Å². The number of ether oxygens (including phenoxy) is 2. The Hall–Kier alpha value is -4.44. The van der Waals surface area contributed by atoms with E-state index < -0.39 is 6.09 Å². The second kappa shape index (κ2) is 13.6. The maximum absolute atomic E-state index is 13.1. The Kier molecular flexibility index (Phi) is 9.47. The molecule has 0 bridgehead atoms. The maximum Gasteiger partial charge on any atom is 0.411 e. The Balaban J connectivity index is 1.10. The predicted octanol–water partition coefficient (Wildman–Crippen LogP) is 7.95. The molecule has 2 aromatic carbocycles. The van der Waals surface area contributed by atoms with Gasteiger partial charge in [-0.2, -0.15) is 0 Å². The first-order valence-electron chi connectivity index (χ1n) is 17.1. The lowest BCUT2D eigenvalue weighted by Crippen LogP contribution is -2.37. The van der Waals surface area contributed by atoms with Gasteiger partial charge in [-0.3, -0.25) is 19.4 Å². The van der Waals surface area contributed by atoms with Gasteiger partial charge in [-0.15, -0.1) is 10.2 Å². The van der Waals surface area contributed by atoms with E-state index in [0.717, 1.165) is 67.9 Å². The number of carbonyl (C=O) groups excluding carboxylic acids is 2. The molecule has 0 radical (unpaired) electrons. The summed E-state index contributed by atoms with van der Waals surface area (Å²) in [6.07, 6.45) is 7.61. The summed E-state index contributed by atoms with van der Waals surface area (Å²) in [7, 11) is 3.48. The molecule has 3 heterocycles. The molecule has 10 heteroatoms. The fourth-order valence-corrected chi connectivity index (χ4v) is 7.22. The van der Waals surface area contributed by atoms with Crippen molar-refractivity contribution >= 4 is 29.0 Å². The van der Waals surface area contributed by atoms with Crippen LogP contribution in [0.1, 0.15) is 107 Å². The van der Waals surface area contributed by atoms with Crippen LogP contribution < -0.4 is 15.4 Å². The number of fused-ring (bicyclic) bond motifs is 2. The Morgan fingerprint density at radius 2 is 1.75 bits per heavy atom. The first-order chi connectivity index (χ1) is 22.9. The highest BCUT2D eigenvalue weighted by Crippen LogP contribution is 2.42. The number of methoxy groups -OCH3 is 1. The molecule has 1 aliphatic heterocycles. The normalized spacial score (nSPS) is 21.1. The van der Waals surface area contributed by atoms with E-state index in [1.165, 1.54) is 18.2 Å². The minimum absolute atomic E-state index is 0.0446. The number of rotatable bonds is 9. The maximum atomic E-state index is 13.1. The molecule has 1 saturated heterocycles. The zero-order valence-electron chi connectivity index (χ0n) is 29.0. The molecule has 0 saturated carbocycles. The highest BCUT2D eigenvalue weighted by molar-refractivity contribution is 5.92. The number of nitrogens with zero attached hydrogens (tertiary/aromatic N) is 4. The highest BCUT2D eigenvalue weighted by atomic mass is 16.5. The van der Waals surface area contributed by atoms with Crippen LogP contribution in [-0.4, -0.2) is 52.2 Å². The first-order valence-corrected chi connectivity index (χ1v) is 17.1. The Morgan fingerprint density at radius 1 is 1.00 bits per heavy atom. The molecule has 2 aromatic heterocycles. The van der Waals surface area contributed by atoms with E-state index in [0.29, 0.717) is 23.7 Å². The smallest absolute Gasteiger partial charge is 0.411 e. The van der Waals surface area contributed by atoms with E-state index >= 15 is 0 Å². The average molecular weight is 653 g/mol. The van der Waals surface area contributed by atoms with E-state index in [9.17, 15) is 9.59 Å². The van der Waals surface area contributed by atoms with Gasteiger partial charge >= 0.3 is 6.09 Å². The minimum Gasteiger partial charge on any atom is -0.484 e. The van der Waals surface area contributed by atoms with Gasteiger partial charge in [0.05, 0.1) is 18.8 Å². The van der Waals surface area contributed by atoms with E-state index in [-0.39, 0.29) is 23.0 Å². The van der Waals surface area contributed by atoms with Crippen molar-refractivity contribution in [1.29, 1.82) is 0 Å². The van der Waals surface area contributed by atoms with Crippen LogP contribution in [0.4, 0.5) is 16.2 Å². The summed E-state index contributed by atoms with van der Waals surface area (Å²) in [6, 6.07) is 18.2. The van der Waals surface area contributed by atoms with Crippen LogP contribution in [0.5, 0.6) is 5.75 Å². The van der Waals surface area contributed by atoms with Crippen LogP contribution in [0.2, 0.25) is 0 Å². The summed E-state index contributed by atoms with van der Waals surface area (Å²) in [5.41, 5.74) is 5.26. The zero-order valence-corrected chi connectivity index (χ0v) is 29.0. The molecule has 2 amide bonds. The fraction of sp³-hybridized carbons (Fsp3) is 0.474. The van der Waals surface area contributed by atoms with Gasteiger partial charge in [-0.05, 0) is 117 Å². The summed E-state index contributed by atoms with van der Waals surface area (Å²) in [4.78, 5) is 27.3. The Morgan fingerprint density at radius 3 is 2.46 bits per heavy atom. The van der Waals surface area contributed by atoms with Crippen molar-refractivity contribution in [1.82, 2.24) is 19.5 Å². The summed E-state index contributed by atoms with van der Waals surface area (Å²) in [5.74, 6) is 2.08. The van der Waals surface area contributed by atoms with Crippen molar-refractivity contribution in [3.05, 3.63) is 83.3 Å². The lowest BCUT2D eigenvalue weighted by Gasteiger charge is -2.32. The molecular weight excluding hydrogens is 604 g/mol. The van der Waals surface area contributed by atoms with Crippen molar-refractivity contribution in [2.75, 3.05) is 31.3 Å². The lowest BCUT2D eigenvalue weighted by atomic mass is 9.79. The monoisotopic (exact) mass is 652 g/mol. The number of hydrogen-bond donors (Lipinski definition) is 2. The molecule has 48 heavy (non-hydrogen) atoms. The first kappa shape index (κ1) is 33.5. The molecule has 10 nitrogen and oxygen atoms in total. The molecule has 4 aromatic rings. The SMILES string of the molecule is COC(=O)Nc1cc(NC(=O)CCC[C@H]2CC[C@@H](Oc3ccc4nnc([C@]5(C)CCCN5C)n4c3)c3ccccc32)cc(C(C)(C)C)c1. The van der Waals surface area contributed by atoms with Crippen LogP contribution >= 0.6 is 0 Å². The molecule has 254 valence electrons. The van der Waals surface area contributed by atoms with Gasteiger partial charge in [0.15, 0.2) is 11.5 Å². The van der Waals surface area contributed by atoms with Gasteiger partial charge in [0.1, 0.15) is 11.9 Å². The number of aromatic nitrogens is 3. The summed E-state index contributed by atoms with van der Waals surface area (Å²) < 4.78 is 13.5. The Labute approximate surface area is 283 Å². The number of nitrogens with one attached hydrogen (secondary N) is 2. The second-order valence-electron chi connectivity index (χ2n) is 14.5. The van der Waals surface area contributed by atoms with Crippen LogP contribution in [0, 0.1) is 0 Å². The van der Waals surface area contributed by atoms with Gasteiger partial charge < -0.3 is 14.8 Å². The molecule has 2 N–H and O–H groups in total. The predicted molar refractivity (Wildman–Crippen MR) is 188 cm³/mol. The summed E-state index contributed by atoms with van der Waals surface area (Å²) >= 11 is 0. The van der Waals surface area contributed by atoms with Gasteiger partial charge in [0.25, 0.3) is 0 Å². The third-order valence-corrected chi connectivity index (χ3v) is 10.2. The van der Waals surface area contributed by atoms with Crippen LogP contribution in [0.15, 0.2) is 60.8 Å². The lowest BCUT2D eigenvalue weighted by molar-refractivity contribution is -0.116. The number of anilines is 2. The van der Waals surface area contributed by atoms with Gasteiger partial charge in [-0.25, -0.2) is 4.79 Å². The van der Waals surface area contributed by atoms with Gasteiger partial charge in [0, 0.05) is 17.8 Å². The molecule has 1 fully saturated rings. The molecule has 2 aliphatic rings. The van der Waals surface area contributed by atoms with E-state index in [1.807, 2.05) is 30.5 Å². The fourth-order valence-electron chi connectivity index (χ4n) is 7.22. The van der Waals surface area contributed by atoms with Gasteiger partial charge in [-0.1, -0.05) is 45.0 Å². The van der Waals surface area contributed by atoms with Crippen molar-refractivity contribution in [2.45, 2.75) is 95.6 Å². The number of benzene rings is 2. The molecule has 0 spiro atoms. The summed E-state index contributed by atoms with van der Waals surface area (Å²) in [5, 5.41) is 14.8. The number of likely N-dealkylation sites (tertiary alicyclic amines) is 1. The Bertz CT molecular complexity index is 1800. The quantitative estimate of drug-likeness (QED) is 0.189. The minimum atomic E-state index is -0.550. The molecule has 1 aliphatic carbocycles. The largest absolute Gasteiger partial charge is 0.484 e. The van der Waals surface area contributed by atoms with E-state index in [2.05, 4.69) is 89.1 Å². The topological polar surface area (TPSA) is 110 Å². The average Bonchev–Trinajstić information content (AvgIpc) is 3.64. The van der Waals surface area contributed by atoms with E-state index in [1.54, 1.807) is 6.07 Å². The third kappa shape index (κ3) is 7.04. The standard InChI is InChI=1S/C38H48N6O4/c1-37(2,3)26-21-27(23-28(22-26)40-36(46)47-6)39-34(45)14-9-11-25-15-17-32(31-13-8-7-12-30(25)31)48-29-16-18-33-41-42-35(44(33)24-29)38(4)19-10-20-43(38)5/h7-8,12-13,16,18,21-25,32H,9-11,14-15,17,19-20H2,1-6H3,(H,39,45)(H,40,46)/t25-,32+,38-/m0/s1. The number of carbonyl (C=O) groups is 2. The van der Waals surface area contributed by atoms with E-state index in [4.69, 9.17) is 9.47 Å². The van der Waals surface area contributed by atoms with Crippen LogP contribution in [0.3, 0.4) is 0 Å². The van der Waals surface area contributed by atoms with Crippen molar-refractivity contribution in [3.8, 4) is 5.75 Å². The highest BCUT2D eigenvalue weighted by Gasteiger charge is 2.39. The molecule has 3 atom stereocenters. The number of amides is 2. The summed E-state index contributed by atoms with van der Waals surface area (Å²) in [6.45, 7) is 9.57. The van der Waals surface area contributed by atoms with Crippen molar-refractivity contribution in [3.63, 3.8) is 0 Å². The molecular formula is C38H48N6O4. The van der Waals surface area contributed by atoms with Crippen molar-refractivity contribution in [2.24, 2.45) is 0 Å². The molecule has 0 unspecified atom stereocenters. The van der Waals surface area contributed by atoms with Crippen molar-refractivity contribution < 1.29 is 19.1 Å². The zero-order chi connectivity index (χ0) is 34.1. The number of pyridine rings is 1. The van der Waals surface area contributed by atoms with Gasteiger partial charge in [0.2, 0.25) is 5.91 Å². The second-order valence-corrected chi connectivity index (χ2v) is 14.5. The number of hydrogen-bond acceptors (Lipinski definition) is 7.